The molecule has 3 aromatic rings. The molecule has 0 aliphatic carbocycles. The Balaban J connectivity index is 1.59. The van der Waals surface area contributed by atoms with Gasteiger partial charge >= 0.3 is 0 Å². The van der Waals surface area contributed by atoms with Crippen LogP contribution in [0.1, 0.15) is 12.5 Å². The number of nitrogens with zero attached hydrogens (tertiary/aromatic N) is 2. The zero-order chi connectivity index (χ0) is 19.9. The van der Waals surface area contributed by atoms with Crippen LogP contribution in [-0.2, 0) is 16.0 Å². The van der Waals surface area contributed by atoms with Gasteiger partial charge in [0.05, 0.1) is 6.42 Å². The van der Waals surface area contributed by atoms with Gasteiger partial charge in [0, 0.05) is 23.2 Å². The van der Waals surface area contributed by atoms with E-state index >= 15 is 0 Å². The van der Waals surface area contributed by atoms with E-state index in [0.717, 1.165) is 10.0 Å². The molecule has 0 atom stereocenters. The summed E-state index contributed by atoms with van der Waals surface area (Å²) in [5.74, 6) is 0.853. The van der Waals surface area contributed by atoms with Crippen LogP contribution < -0.4 is 15.4 Å². The number of halogens is 1. The molecule has 28 heavy (non-hydrogen) atoms. The number of hydrogen-bond donors (Lipinski definition) is 2. The van der Waals surface area contributed by atoms with Crippen molar-refractivity contribution in [3.8, 4) is 11.6 Å². The molecule has 0 radical (unpaired) electrons. The highest BCUT2D eigenvalue weighted by atomic mass is 79.9. The van der Waals surface area contributed by atoms with Crippen molar-refractivity contribution in [1.29, 1.82) is 0 Å². The molecule has 0 spiro atoms. The number of nitrogens with one attached hydrogen (secondary N) is 2. The van der Waals surface area contributed by atoms with Gasteiger partial charge in [-0.25, -0.2) is 9.97 Å². The van der Waals surface area contributed by atoms with Gasteiger partial charge in [-0.1, -0.05) is 28.1 Å². The highest BCUT2D eigenvalue weighted by Gasteiger charge is 2.06. The van der Waals surface area contributed by atoms with E-state index in [-0.39, 0.29) is 18.2 Å². The molecule has 0 saturated carbocycles. The summed E-state index contributed by atoms with van der Waals surface area (Å²) in [6.07, 6.45) is 1.59. The second-order valence-electron chi connectivity index (χ2n) is 5.90. The first-order valence-corrected chi connectivity index (χ1v) is 9.19. The molecule has 0 aliphatic rings. The summed E-state index contributed by atoms with van der Waals surface area (Å²) in [5, 5.41) is 5.41. The minimum atomic E-state index is -0.229. The fourth-order valence-corrected chi connectivity index (χ4v) is 2.86. The van der Waals surface area contributed by atoms with Crippen LogP contribution in [0.3, 0.4) is 0 Å². The van der Waals surface area contributed by atoms with Crippen molar-refractivity contribution in [3.05, 3.63) is 71.0 Å². The molecule has 0 bridgehead atoms. The second kappa shape index (κ2) is 9.09. The predicted octanol–water partition coefficient (Wildman–Crippen LogP) is 4.17. The molecule has 1 heterocycles. The van der Waals surface area contributed by atoms with Crippen molar-refractivity contribution >= 4 is 39.2 Å². The average Bonchev–Trinajstić information content (AvgIpc) is 2.63. The van der Waals surface area contributed by atoms with E-state index in [1.807, 2.05) is 24.3 Å². The second-order valence-corrected chi connectivity index (χ2v) is 6.82. The number of benzene rings is 2. The lowest BCUT2D eigenvalue weighted by molar-refractivity contribution is -0.116. The lowest BCUT2D eigenvalue weighted by Gasteiger charge is -2.08. The smallest absolute Gasteiger partial charge is 0.228 e. The number of carbonyl (C=O) groups excluding carboxylic acids is 2. The first kappa shape index (κ1) is 19.5. The molecule has 2 amide bonds. The molecule has 1 aromatic heterocycles. The van der Waals surface area contributed by atoms with Crippen molar-refractivity contribution in [1.82, 2.24) is 9.97 Å². The van der Waals surface area contributed by atoms with Gasteiger partial charge in [0.2, 0.25) is 17.7 Å². The van der Waals surface area contributed by atoms with Crippen LogP contribution in [0.5, 0.6) is 11.6 Å². The molecule has 3 rings (SSSR count). The van der Waals surface area contributed by atoms with Gasteiger partial charge in [0.25, 0.3) is 0 Å². The van der Waals surface area contributed by atoms with Crippen molar-refractivity contribution in [2.24, 2.45) is 0 Å². The van der Waals surface area contributed by atoms with E-state index in [1.54, 1.807) is 24.3 Å². The molecular formula is C20H17BrN4O3. The standard InChI is InChI=1S/C20H17BrN4O3/c1-13(26)24-18-11-20(23-12-22-18)28-17-7-5-16(6-8-17)25-19(27)10-14-3-2-4-15(21)9-14/h2-9,11-12H,10H2,1H3,(H,25,27)(H,22,23,24,26). The minimum absolute atomic E-state index is 0.109. The van der Waals surface area contributed by atoms with Crippen molar-refractivity contribution in [3.63, 3.8) is 0 Å². The first-order chi connectivity index (χ1) is 13.5. The van der Waals surface area contributed by atoms with E-state index in [1.165, 1.54) is 19.3 Å². The fraction of sp³-hybridized carbons (Fsp3) is 0.100. The molecule has 0 unspecified atom stereocenters. The maximum absolute atomic E-state index is 12.2. The lowest BCUT2D eigenvalue weighted by Crippen LogP contribution is -2.14. The number of rotatable bonds is 6. The van der Waals surface area contributed by atoms with Crippen molar-refractivity contribution in [2.75, 3.05) is 10.6 Å². The van der Waals surface area contributed by atoms with Gasteiger partial charge in [-0.2, -0.15) is 0 Å². The quantitative estimate of drug-likeness (QED) is 0.599. The molecule has 7 nitrogen and oxygen atoms in total. The van der Waals surface area contributed by atoms with Crippen LogP contribution in [0.2, 0.25) is 0 Å². The summed E-state index contributed by atoms with van der Waals surface area (Å²) < 4.78 is 6.58. The van der Waals surface area contributed by atoms with Crippen LogP contribution in [-0.4, -0.2) is 21.8 Å². The van der Waals surface area contributed by atoms with Gasteiger partial charge in [-0.15, -0.1) is 0 Å². The van der Waals surface area contributed by atoms with Crippen molar-refractivity contribution in [2.45, 2.75) is 13.3 Å². The monoisotopic (exact) mass is 440 g/mol. The minimum Gasteiger partial charge on any atom is -0.439 e. The molecular weight excluding hydrogens is 424 g/mol. The van der Waals surface area contributed by atoms with Gasteiger partial charge < -0.3 is 15.4 Å². The fourth-order valence-electron chi connectivity index (χ4n) is 2.41. The number of amides is 2. The highest BCUT2D eigenvalue weighted by molar-refractivity contribution is 9.10. The Kier molecular flexibility index (Phi) is 6.33. The third-order valence-corrected chi connectivity index (χ3v) is 4.05. The Morgan fingerprint density at radius 1 is 1.04 bits per heavy atom. The van der Waals surface area contributed by atoms with Crippen LogP contribution in [0.25, 0.3) is 0 Å². The number of ether oxygens (including phenoxy) is 1. The van der Waals surface area contributed by atoms with Crippen LogP contribution >= 0.6 is 15.9 Å². The Hall–Kier alpha value is -3.26. The molecule has 8 heteroatoms. The normalized spacial score (nSPS) is 10.2. The first-order valence-electron chi connectivity index (χ1n) is 8.40. The summed E-state index contributed by atoms with van der Waals surface area (Å²) in [6, 6.07) is 16.1. The number of aromatic nitrogens is 2. The van der Waals surface area contributed by atoms with E-state index < -0.39 is 0 Å². The molecule has 142 valence electrons. The Morgan fingerprint density at radius 3 is 2.54 bits per heavy atom. The third kappa shape index (κ3) is 5.88. The maximum atomic E-state index is 12.2. The molecule has 2 aromatic carbocycles. The summed E-state index contributed by atoms with van der Waals surface area (Å²) in [4.78, 5) is 31.2. The van der Waals surface area contributed by atoms with Crippen LogP contribution in [0.4, 0.5) is 11.5 Å². The number of hydrogen-bond acceptors (Lipinski definition) is 5. The van der Waals surface area contributed by atoms with E-state index in [4.69, 9.17) is 4.74 Å². The SMILES string of the molecule is CC(=O)Nc1cc(Oc2ccc(NC(=O)Cc3cccc(Br)c3)cc2)ncn1. The van der Waals surface area contributed by atoms with E-state index in [2.05, 4.69) is 36.5 Å². The average molecular weight is 441 g/mol. The zero-order valence-electron chi connectivity index (χ0n) is 15.0. The predicted molar refractivity (Wildman–Crippen MR) is 109 cm³/mol. The zero-order valence-corrected chi connectivity index (χ0v) is 16.6. The Morgan fingerprint density at radius 2 is 1.82 bits per heavy atom. The maximum Gasteiger partial charge on any atom is 0.228 e. The van der Waals surface area contributed by atoms with Crippen LogP contribution in [0.15, 0.2) is 65.4 Å². The topological polar surface area (TPSA) is 93.2 Å². The largest absolute Gasteiger partial charge is 0.439 e. The molecule has 0 saturated heterocycles. The summed E-state index contributed by atoms with van der Waals surface area (Å²) in [5.41, 5.74) is 1.58. The highest BCUT2D eigenvalue weighted by Crippen LogP contribution is 2.23. The van der Waals surface area contributed by atoms with Gasteiger partial charge in [-0.3, -0.25) is 9.59 Å². The van der Waals surface area contributed by atoms with Gasteiger partial charge in [0.1, 0.15) is 17.9 Å². The Labute approximate surface area is 170 Å². The molecule has 2 N–H and O–H groups in total. The number of anilines is 2. The van der Waals surface area contributed by atoms with Crippen LogP contribution in [0, 0.1) is 0 Å². The lowest BCUT2D eigenvalue weighted by atomic mass is 10.1. The Bertz CT molecular complexity index is 993. The van der Waals surface area contributed by atoms with E-state index in [9.17, 15) is 9.59 Å². The van der Waals surface area contributed by atoms with Gasteiger partial charge in [0.15, 0.2) is 0 Å². The van der Waals surface area contributed by atoms with E-state index in [0.29, 0.717) is 23.1 Å². The van der Waals surface area contributed by atoms with Crippen molar-refractivity contribution < 1.29 is 14.3 Å². The van der Waals surface area contributed by atoms with Gasteiger partial charge in [-0.05, 0) is 42.0 Å². The summed E-state index contributed by atoms with van der Waals surface area (Å²) >= 11 is 3.39. The summed E-state index contributed by atoms with van der Waals surface area (Å²) in [6.45, 7) is 1.40. The third-order valence-electron chi connectivity index (χ3n) is 3.56. The molecule has 0 fully saturated rings. The summed E-state index contributed by atoms with van der Waals surface area (Å²) in [7, 11) is 0. The molecule has 0 aliphatic heterocycles. The number of carbonyl (C=O) groups is 2.